The molecule has 1 nitrogen and oxygen atoms in total. The first-order valence-electron chi connectivity index (χ1n) is 9.93. The predicted octanol–water partition coefficient (Wildman–Crippen LogP) is 7.14. The molecule has 140 valence electrons. The normalized spacial score (nSPS) is 19.3. The lowest BCUT2D eigenvalue weighted by Gasteiger charge is -2.40. The highest BCUT2D eigenvalue weighted by molar-refractivity contribution is 5.71. The fraction of sp³-hybridized carbons (Fsp3) is 0.500. The van der Waals surface area contributed by atoms with Crippen LogP contribution in [0.25, 0.3) is 11.1 Å². The number of benzene rings is 2. The van der Waals surface area contributed by atoms with Crippen LogP contribution in [0.5, 0.6) is 5.75 Å². The molecule has 1 saturated carbocycles. The lowest BCUT2D eigenvalue weighted by atomic mass is 9.65. The Morgan fingerprint density at radius 2 is 1.88 bits per heavy atom. The number of hydrogen-bond donors (Lipinski definition) is 0. The van der Waals surface area contributed by atoms with Gasteiger partial charge in [0.1, 0.15) is 11.6 Å². The van der Waals surface area contributed by atoms with E-state index >= 15 is 0 Å². The van der Waals surface area contributed by atoms with Crippen molar-refractivity contribution in [3.05, 3.63) is 53.3 Å². The van der Waals surface area contributed by atoms with E-state index < -0.39 is 0 Å². The third-order valence-electron chi connectivity index (χ3n) is 6.00. The molecule has 26 heavy (non-hydrogen) atoms. The molecule has 0 amide bonds. The summed E-state index contributed by atoms with van der Waals surface area (Å²) in [5.41, 5.74) is 4.60. The van der Waals surface area contributed by atoms with Crippen molar-refractivity contribution in [1.29, 1.82) is 0 Å². The lowest BCUT2D eigenvalue weighted by molar-refractivity contribution is 0.200. The monoisotopic (exact) mass is 354 g/mol. The molecule has 2 aromatic rings. The Morgan fingerprint density at radius 1 is 1.08 bits per heavy atom. The van der Waals surface area contributed by atoms with Gasteiger partial charge in [-0.25, -0.2) is 4.39 Å². The molecule has 2 heteroatoms. The summed E-state index contributed by atoms with van der Waals surface area (Å²) >= 11 is 0. The average Bonchev–Trinajstić information content (AvgIpc) is 2.62. The van der Waals surface area contributed by atoms with Gasteiger partial charge >= 0.3 is 0 Å². The van der Waals surface area contributed by atoms with Crippen LogP contribution in [-0.2, 0) is 6.42 Å². The van der Waals surface area contributed by atoms with Crippen molar-refractivity contribution < 1.29 is 9.13 Å². The summed E-state index contributed by atoms with van der Waals surface area (Å²) in [7, 11) is 1.63. The predicted molar refractivity (Wildman–Crippen MR) is 107 cm³/mol. The van der Waals surface area contributed by atoms with Gasteiger partial charge in [0.25, 0.3) is 0 Å². The van der Waals surface area contributed by atoms with Gasteiger partial charge in [0.15, 0.2) is 0 Å². The topological polar surface area (TPSA) is 9.23 Å². The second-order valence-electron chi connectivity index (χ2n) is 8.30. The van der Waals surface area contributed by atoms with E-state index in [9.17, 15) is 4.39 Å². The van der Waals surface area contributed by atoms with Gasteiger partial charge < -0.3 is 4.74 Å². The van der Waals surface area contributed by atoms with E-state index in [2.05, 4.69) is 39.0 Å². The highest BCUT2D eigenvalue weighted by Crippen LogP contribution is 2.49. The summed E-state index contributed by atoms with van der Waals surface area (Å²) in [4.78, 5) is 0. The molecule has 0 saturated heterocycles. The van der Waals surface area contributed by atoms with E-state index in [0.717, 1.165) is 18.4 Å². The highest BCUT2D eigenvalue weighted by Gasteiger charge is 2.35. The van der Waals surface area contributed by atoms with Gasteiger partial charge in [0, 0.05) is 5.56 Å². The van der Waals surface area contributed by atoms with Crippen LogP contribution in [0.15, 0.2) is 36.4 Å². The number of halogens is 1. The van der Waals surface area contributed by atoms with Crippen molar-refractivity contribution in [1.82, 2.24) is 0 Å². The van der Waals surface area contributed by atoms with E-state index in [1.54, 1.807) is 13.2 Å². The van der Waals surface area contributed by atoms with Crippen molar-refractivity contribution >= 4 is 0 Å². The molecule has 3 rings (SSSR count). The third-order valence-corrected chi connectivity index (χ3v) is 6.00. The largest absolute Gasteiger partial charge is 0.497 e. The molecule has 0 spiro atoms. The van der Waals surface area contributed by atoms with Crippen molar-refractivity contribution in [2.75, 3.05) is 7.11 Å². The smallest absolute Gasteiger partial charge is 0.131 e. The first-order valence-corrected chi connectivity index (χ1v) is 9.93. The van der Waals surface area contributed by atoms with E-state index in [0.29, 0.717) is 17.2 Å². The maximum Gasteiger partial charge on any atom is 0.131 e. The van der Waals surface area contributed by atoms with Crippen LogP contribution in [0.4, 0.5) is 4.39 Å². The molecule has 1 fully saturated rings. The highest BCUT2D eigenvalue weighted by atomic mass is 19.1. The van der Waals surface area contributed by atoms with Gasteiger partial charge in [-0.3, -0.25) is 0 Å². The van der Waals surface area contributed by atoms with Gasteiger partial charge in [-0.15, -0.1) is 0 Å². The second kappa shape index (κ2) is 7.82. The summed E-state index contributed by atoms with van der Waals surface area (Å²) in [5.74, 6) is 0.991. The maximum absolute atomic E-state index is 14.7. The molecule has 1 aliphatic rings. The standard InChI is InChI=1S/C24H31FO/c1-5-8-17-10-12-19(21-16-18(26-4)11-13-23(21)25)20(15-17)22-9-6-7-14-24(22,2)3/h10-13,15-16,22H,5-9,14H2,1-4H3. The minimum absolute atomic E-state index is 0.177. The average molecular weight is 355 g/mol. The molecule has 0 aromatic heterocycles. The molecular formula is C24H31FO. The zero-order valence-corrected chi connectivity index (χ0v) is 16.6. The fourth-order valence-corrected chi connectivity index (χ4v) is 4.50. The van der Waals surface area contributed by atoms with E-state index in [-0.39, 0.29) is 11.2 Å². The molecular weight excluding hydrogens is 323 g/mol. The van der Waals surface area contributed by atoms with Gasteiger partial charge in [0.05, 0.1) is 7.11 Å². The lowest BCUT2D eigenvalue weighted by Crippen LogP contribution is -2.26. The summed E-state index contributed by atoms with van der Waals surface area (Å²) in [5, 5.41) is 0. The maximum atomic E-state index is 14.7. The Hall–Kier alpha value is -1.83. The zero-order chi connectivity index (χ0) is 18.7. The Balaban J connectivity index is 2.16. The van der Waals surface area contributed by atoms with Crippen LogP contribution in [0.1, 0.15) is 69.9 Å². The number of aryl methyl sites for hydroxylation is 1. The third kappa shape index (κ3) is 3.79. The molecule has 0 N–H and O–H groups in total. The van der Waals surface area contributed by atoms with Crippen LogP contribution in [0.3, 0.4) is 0 Å². The minimum Gasteiger partial charge on any atom is -0.497 e. The van der Waals surface area contributed by atoms with Gasteiger partial charge in [-0.2, -0.15) is 0 Å². The van der Waals surface area contributed by atoms with Crippen molar-refractivity contribution in [3.8, 4) is 16.9 Å². The first kappa shape index (κ1) is 18.9. The van der Waals surface area contributed by atoms with Crippen molar-refractivity contribution in [2.45, 2.75) is 65.2 Å². The van der Waals surface area contributed by atoms with Gasteiger partial charge in [-0.1, -0.05) is 58.2 Å². The summed E-state index contributed by atoms with van der Waals surface area (Å²) in [6.45, 7) is 6.95. The number of rotatable bonds is 5. The van der Waals surface area contributed by atoms with E-state index in [1.165, 1.54) is 42.9 Å². The van der Waals surface area contributed by atoms with Gasteiger partial charge in [0.2, 0.25) is 0 Å². The Labute approximate surface area is 157 Å². The quantitative estimate of drug-likeness (QED) is 0.554. The molecule has 1 unspecified atom stereocenters. The molecule has 0 aliphatic heterocycles. The van der Waals surface area contributed by atoms with Crippen molar-refractivity contribution in [3.63, 3.8) is 0 Å². The SMILES string of the molecule is CCCc1ccc(-c2cc(OC)ccc2F)c(C2CCCCC2(C)C)c1. The minimum atomic E-state index is -0.177. The molecule has 0 heterocycles. The Kier molecular flexibility index (Phi) is 5.70. The Bertz CT molecular complexity index is 763. The molecule has 2 aromatic carbocycles. The van der Waals surface area contributed by atoms with Crippen LogP contribution in [0.2, 0.25) is 0 Å². The van der Waals surface area contributed by atoms with E-state index in [4.69, 9.17) is 4.74 Å². The van der Waals surface area contributed by atoms with E-state index in [1.807, 2.05) is 6.07 Å². The number of ether oxygens (including phenoxy) is 1. The number of methoxy groups -OCH3 is 1. The number of hydrogen-bond acceptors (Lipinski definition) is 1. The Morgan fingerprint density at radius 3 is 2.58 bits per heavy atom. The van der Waals surface area contributed by atoms with Crippen molar-refractivity contribution in [2.24, 2.45) is 5.41 Å². The zero-order valence-electron chi connectivity index (χ0n) is 16.6. The molecule has 0 bridgehead atoms. The summed E-state index contributed by atoms with van der Waals surface area (Å²) < 4.78 is 20.1. The summed E-state index contributed by atoms with van der Waals surface area (Å²) in [6, 6.07) is 11.7. The van der Waals surface area contributed by atoms with Crippen LogP contribution in [0, 0.1) is 11.2 Å². The molecule has 0 radical (unpaired) electrons. The summed E-state index contributed by atoms with van der Waals surface area (Å²) in [6.07, 6.45) is 7.16. The molecule has 1 atom stereocenters. The van der Waals surface area contributed by atoms with Crippen LogP contribution in [-0.4, -0.2) is 7.11 Å². The van der Waals surface area contributed by atoms with Crippen LogP contribution >= 0.6 is 0 Å². The first-order chi connectivity index (χ1) is 12.5. The van der Waals surface area contributed by atoms with Crippen LogP contribution < -0.4 is 4.74 Å². The molecule has 1 aliphatic carbocycles. The fourth-order valence-electron chi connectivity index (χ4n) is 4.50. The second-order valence-corrected chi connectivity index (χ2v) is 8.30. The van der Waals surface area contributed by atoms with Gasteiger partial charge in [-0.05, 0) is 65.5 Å².